The lowest BCUT2D eigenvalue weighted by Crippen LogP contribution is -2.18. The van der Waals surface area contributed by atoms with Crippen molar-refractivity contribution in [1.29, 1.82) is 0 Å². The molecule has 0 amide bonds. The molecular formula is C10H18N2O. The van der Waals surface area contributed by atoms with Crippen molar-refractivity contribution in [2.45, 2.75) is 20.0 Å². The van der Waals surface area contributed by atoms with Gasteiger partial charge in [-0.1, -0.05) is 6.92 Å². The number of nitrogens with zero attached hydrogens (tertiary/aromatic N) is 1. The number of nitrogens with one attached hydrogen (secondary N) is 1. The molecule has 1 aromatic rings. The summed E-state index contributed by atoms with van der Waals surface area (Å²) in [5, 5.41) is 3.09. The second kappa shape index (κ2) is 5.04. The van der Waals surface area contributed by atoms with Crippen molar-refractivity contribution in [1.82, 2.24) is 10.2 Å². The van der Waals surface area contributed by atoms with Gasteiger partial charge in [-0.2, -0.15) is 0 Å². The molecule has 0 saturated carbocycles. The molecule has 1 rings (SSSR count). The molecule has 1 heterocycles. The third-order valence-corrected chi connectivity index (χ3v) is 2.16. The van der Waals surface area contributed by atoms with Gasteiger partial charge in [0.2, 0.25) is 0 Å². The predicted octanol–water partition coefficient (Wildman–Crippen LogP) is 1.45. The highest BCUT2D eigenvalue weighted by Gasteiger charge is 2.06. The Morgan fingerprint density at radius 1 is 1.54 bits per heavy atom. The van der Waals surface area contributed by atoms with Crippen molar-refractivity contribution < 1.29 is 4.42 Å². The average Bonchev–Trinajstić information content (AvgIpc) is 2.54. The van der Waals surface area contributed by atoms with E-state index < -0.39 is 0 Å². The summed E-state index contributed by atoms with van der Waals surface area (Å²) in [6.07, 6.45) is 1.76. The minimum Gasteiger partial charge on any atom is -0.468 e. The van der Waals surface area contributed by atoms with Gasteiger partial charge in [0.25, 0.3) is 0 Å². The first kappa shape index (κ1) is 10.3. The summed E-state index contributed by atoms with van der Waals surface area (Å²) in [6.45, 7) is 4.98. The van der Waals surface area contributed by atoms with Crippen molar-refractivity contribution in [3.63, 3.8) is 0 Å². The SMILES string of the molecule is CCN(C)Cc1ccoc1CNC. The Morgan fingerprint density at radius 2 is 2.31 bits per heavy atom. The molecule has 0 atom stereocenters. The quantitative estimate of drug-likeness (QED) is 0.747. The molecule has 0 aliphatic heterocycles. The second-order valence-corrected chi connectivity index (χ2v) is 3.23. The maximum Gasteiger partial charge on any atom is 0.122 e. The first-order valence-electron chi connectivity index (χ1n) is 4.66. The molecule has 3 nitrogen and oxygen atoms in total. The van der Waals surface area contributed by atoms with E-state index in [0.29, 0.717) is 0 Å². The maximum atomic E-state index is 5.36. The maximum absolute atomic E-state index is 5.36. The summed E-state index contributed by atoms with van der Waals surface area (Å²) >= 11 is 0. The second-order valence-electron chi connectivity index (χ2n) is 3.23. The minimum absolute atomic E-state index is 0.805. The van der Waals surface area contributed by atoms with Crippen molar-refractivity contribution >= 4 is 0 Å². The number of hydrogen-bond donors (Lipinski definition) is 1. The van der Waals surface area contributed by atoms with Crippen LogP contribution in [0.25, 0.3) is 0 Å². The van der Waals surface area contributed by atoms with Gasteiger partial charge in [-0.25, -0.2) is 0 Å². The van der Waals surface area contributed by atoms with Gasteiger partial charge in [-0.15, -0.1) is 0 Å². The van der Waals surface area contributed by atoms with Gasteiger partial charge in [0.05, 0.1) is 12.8 Å². The first-order chi connectivity index (χ1) is 6.27. The highest BCUT2D eigenvalue weighted by Crippen LogP contribution is 2.11. The standard InChI is InChI=1S/C10H18N2O/c1-4-12(3)8-9-5-6-13-10(9)7-11-2/h5-6,11H,4,7-8H2,1-3H3. The van der Waals surface area contributed by atoms with Crippen LogP contribution in [0.15, 0.2) is 16.7 Å². The van der Waals surface area contributed by atoms with Gasteiger partial charge in [0.1, 0.15) is 5.76 Å². The lowest BCUT2D eigenvalue weighted by Gasteiger charge is -2.13. The van der Waals surface area contributed by atoms with Gasteiger partial charge in [-0.05, 0) is 26.7 Å². The van der Waals surface area contributed by atoms with Crippen molar-refractivity contribution in [3.8, 4) is 0 Å². The van der Waals surface area contributed by atoms with Crippen LogP contribution in [-0.2, 0) is 13.1 Å². The van der Waals surface area contributed by atoms with Crippen molar-refractivity contribution in [2.75, 3.05) is 20.6 Å². The van der Waals surface area contributed by atoms with E-state index in [1.807, 2.05) is 13.1 Å². The largest absolute Gasteiger partial charge is 0.468 e. The van der Waals surface area contributed by atoms with Gasteiger partial charge < -0.3 is 14.6 Å². The van der Waals surface area contributed by atoms with Crippen molar-refractivity contribution in [2.24, 2.45) is 0 Å². The topological polar surface area (TPSA) is 28.4 Å². The summed E-state index contributed by atoms with van der Waals surface area (Å²) < 4.78 is 5.36. The Morgan fingerprint density at radius 3 is 2.92 bits per heavy atom. The molecule has 3 heteroatoms. The summed E-state index contributed by atoms with van der Waals surface area (Å²) in [6, 6.07) is 2.04. The summed E-state index contributed by atoms with van der Waals surface area (Å²) in [5.74, 6) is 1.04. The Bertz CT molecular complexity index is 245. The molecule has 0 bridgehead atoms. The molecule has 0 fully saturated rings. The molecule has 13 heavy (non-hydrogen) atoms. The molecule has 0 aliphatic carbocycles. The first-order valence-corrected chi connectivity index (χ1v) is 4.66. The molecule has 0 radical (unpaired) electrons. The van der Waals surface area contributed by atoms with Crippen LogP contribution in [0, 0.1) is 0 Å². The fraction of sp³-hybridized carbons (Fsp3) is 0.600. The van der Waals surface area contributed by atoms with Crippen LogP contribution in [0.1, 0.15) is 18.2 Å². The molecule has 1 aromatic heterocycles. The van der Waals surface area contributed by atoms with E-state index in [2.05, 4.69) is 24.2 Å². The van der Waals surface area contributed by atoms with Crippen LogP contribution in [-0.4, -0.2) is 25.5 Å². The predicted molar refractivity (Wildman–Crippen MR) is 53.5 cm³/mol. The molecule has 0 spiro atoms. The Kier molecular flexibility index (Phi) is 3.99. The zero-order valence-electron chi connectivity index (χ0n) is 8.63. The van der Waals surface area contributed by atoms with E-state index in [-0.39, 0.29) is 0 Å². The Labute approximate surface area is 79.7 Å². The van der Waals surface area contributed by atoms with Crippen LogP contribution < -0.4 is 5.32 Å². The fourth-order valence-electron chi connectivity index (χ4n) is 1.23. The van der Waals surface area contributed by atoms with Crippen LogP contribution in [0.2, 0.25) is 0 Å². The molecule has 0 saturated heterocycles. The lowest BCUT2D eigenvalue weighted by molar-refractivity contribution is 0.340. The van der Waals surface area contributed by atoms with E-state index in [9.17, 15) is 0 Å². The van der Waals surface area contributed by atoms with Gasteiger partial charge in [-0.3, -0.25) is 0 Å². The lowest BCUT2D eigenvalue weighted by atomic mass is 10.2. The molecule has 74 valence electrons. The normalized spacial score (nSPS) is 11.1. The van der Waals surface area contributed by atoms with Crippen molar-refractivity contribution in [3.05, 3.63) is 23.7 Å². The zero-order chi connectivity index (χ0) is 9.68. The van der Waals surface area contributed by atoms with E-state index in [1.165, 1.54) is 5.56 Å². The number of furan rings is 1. The number of rotatable bonds is 5. The van der Waals surface area contributed by atoms with Crippen LogP contribution in [0.4, 0.5) is 0 Å². The highest BCUT2D eigenvalue weighted by molar-refractivity contribution is 5.16. The Hall–Kier alpha value is -0.800. The third-order valence-electron chi connectivity index (χ3n) is 2.16. The third kappa shape index (κ3) is 2.86. The zero-order valence-corrected chi connectivity index (χ0v) is 8.63. The molecule has 0 aliphatic rings. The van der Waals surface area contributed by atoms with E-state index >= 15 is 0 Å². The van der Waals surface area contributed by atoms with Crippen LogP contribution in [0.5, 0.6) is 0 Å². The van der Waals surface area contributed by atoms with Crippen LogP contribution >= 0.6 is 0 Å². The van der Waals surface area contributed by atoms with E-state index in [0.717, 1.165) is 25.4 Å². The molecule has 1 N–H and O–H groups in total. The van der Waals surface area contributed by atoms with Gasteiger partial charge >= 0.3 is 0 Å². The summed E-state index contributed by atoms with van der Waals surface area (Å²) in [5.41, 5.74) is 1.28. The number of hydrogen-bond acceptors (Lipinski definition) is 3. The average molecular weight is 182 g/mol. The summed E-state index contributed by atoms with van der Waals surface area (Å²) in [4.78, 5) is 2.25. The smallest absolute Gasteiger partial charge is 0.122 e. The van der Waals surface area contributed by atoms with E-state index in [1.54, 1.807) is 6.26 Å². The molecular weight excluding hydrogens is 164 g/mol. The monoisotopic (exact) mass is 182 g/mol. The molecule has 0 unspecified atom stereocenters. The molecule has 0 aromatic carbocycles. The fourth-order valence-corrected chi connectivity index (χ4v) is 1.23. The van der Waals surface area contributed by atoms with Gasteiger partial charge in [0, 0.05) is 12.1 Å². The van der Waals surface area contributed by atoms with E-state index in [4.69, 9.17) is 4.42 Å². The van der Waals surface area contributed by atoms with Gasteiger partial charge in [0.15, 0.2) is 0 Å². The minimum atomic E-state index is 0.805. The highest BCUT2D eigenvalue weighted by atomic mass is 16.3. The summed E-state index contributed by atoms with van der Waals surface area (Å²) in [7, 11) is 4.03. The van der Waals surface area contributed by atoms with Crippen LogP contribution in [0.3, 0.4) is 0 Å². The Balaban J connectivity index is 2.59.